The predicted molar refractivity (Wildman–Crippen MR) is 77.0 cm³/mol. The lowest BCUT2D eigenvalue weighted by atomic mass is 9.94. The van der Waals surface area contributed by atoms with Crippen LogP contribution in [0.25, 0.3) is 0 Å². The average molecular weight is 265 g/mol. The number of rotatable bonds is 6. The van der Waals surface area contributed by atoms with Crippen molar-refractivity contribution >= 4 is 0 Å². The van der Waals surface area contributed by atoms with Gasteiger partial charge in [0.15, 0.2) is 0 Å². The zero-order valence-electron chi connectivity index (χ0n) is 12.3. The zero-order valence-corrected chi connectivity index (χ0v) is 12.3. The molecule has 1 fully saturated rings. The van der Waals surface area contributed by atoms with Crippen molar-refractivity contribution in [2.24, 2.45) is 0 Å². The molecule has 108 valence electrons. The van der Waals surface area contributed by atoms with Crippen LogP contribution in [0.15, 0.2) is 6.07 Å². The van der Waals surface area contributed by atoms with E-state index < -0.39 is 0 Å². The molecule has 0 bridgehead atoms. The summed E-state index contributed by atoms with van der Waals surface area (Å²) >= 11 is 0. The topological polar surface area (TPSA) is 41.3 Å². The third-order valence-corrected chi connectivity index (χ3v) is 4.13. The van der Waals surface area contributed by atoms with Gasteiger partial charge in [0.2, 0.25) is 0 Å². The van der Waals surface area contributed by atoms with Crippen molar-refractivity contribution in [3.63, 3.8) is 0 Å². The Bertz CT molecular complexity index is 383. The minimum atomic E-state index is 0.246. The summed E-state index contributed by atoms with van der Waals surface area (Å²) in [5, 5.41) is 13.8. The van der Waals surface area contributed by atoms with Crippen LogP contribution in [0.2, 0.25) is 0 Å². The van der Waals surface area contributed by atoms with Crippen LogP contribution in [0, 0.1) is 6.92 Å². The highest BCUT2D eigenvalue weighted by Crippen LogP contribution is 2.24. The van der Waals surface area contributed by atoms with E-state index in [1.807, 2.05) is 6.92 Å². The fourth-order valence-electron chi connectivity index (χ4n) is 3.17. The summed E-state index contributed by atoms with van der Waals surface area (Å²) < 4.78 is 2.09. The van der Waals surface area contributed by atoms with Gasteiger partial charge in [-0.15, -0.1) is 0 Å². The van der Waals surface area contributed by atoms with Gasteiger partial charge in [0.05, 0.1) is 18.0 Å². The number of nitrogens with zero attached hydrogens (tertiary/aromatic N) is 3. The van der Waals surface area contributed by atoms with Gasteiger partial charge in [-0.1, -0.05) is 19.3 Å². The Morgan fingerprint density at radius 1 is 1.37 bits per heavy atom. The third kappa shape index (κ3) is 3.80. The van der Waals surface area contributed by atoms with Gasteiger partial charge in [-0.2, -0.15) is 5.10 Å². The highest BCUT2D eigenvalue weighted by atomic mass is 16.3. The molecule has 1 aromatic heterocycles. The third-order valence-electron chi connectivity index (χ3n) is 4.13. The fourth-order valence-corrected chi connectivity index (χ4v) is 3.17. The first kappa shape index (κ1) is 14.5. The van der Waals surface area contributed by atoms with E-state index in [4.69, 9.17) is 0 Å². The van der Waals surface area contributed by atoms with Crippen molar-refractivity contribution in [1.29, 1.82) is 0 Å². The minimum Gasteiger partial charge on any atom is -0.395 e. The summed E-state index contributed by atoms with van der Waals surface area (Å²) in [4.78, 5) is 2.45. The van der Waals surface area contributed by atoms with Crippen LogP contribution in [0.4, 0.5) is 0 Å². The summed E-state index contributed by atoms with van der Waals surface area (Å²) in [6.45, 7) is 7.04. The van der Waals surface area contributed by atoms with Crippen molar-refractivity contribution in [1.82, 2.24) is 14.7 Å². The van der Waals surface area contributed by atoms with Gasteiger partial charge in [-0.25, -0.2) is 0 Å². The molecule has 0 spiro atoms. The first-order chi connectivity index (χ1) is 9.24. The minimum absolute atomic E-state index is 0.246. The number of hydrogen-bond donors (Lipinski definition) is 1. The van der Waals surface area contributed by atoms with Gasteiger partial charge < -0.3 is 5.11 Å². The smallest absolute Gasteiger partial charge is 0.0597 e. The van der Waals surface area contributed by atoms with Gasteiger partial charge in [0, 0.05) is 25.7 Å². The Balaban J connectivity index is 2.06. The molecule has 0 atom stereocenters. The second-order valence-electron chi connectivity index (χ2n) is 5.58. The molecule has 0 unspecified atom stereocenters. The van der Waals surface area contributed by atoms with Gasteiger partial charge in [0.1, 0.15) is 0 Å². The van der Waals surface area contributed by atoms with E-state index in [1.54, 1.807) is 0 Å². The molecule has 0 saturated heterocycles. The van der Waals surface area contributed by atoms with Crippen LogP contribution in [-0.4, -0.2) is 39.0 Å². The van der Waals surface area contributed by atoms with Gasteiger partial charge >= 0.3 is 0 Å². The maximum Gasteiger partial charge on any atom is 0.0597 e. The standard InChI is InChI=1S/C15H27N3O/c1-3-18-15(11-13(2)16-18)12-17(9-10-19)14-7-5-4-6-8-14/h11,14,19H,3-10,12H2,1-2H3. The van der Waals surface area contributed by atoms with Crippen molar-refractivity contribution < 1.29 is 5.11 Å². The number of aliphatic hydroxyl groups excluding tert-OH is 1. The molecule has 4 nitrogen and oxygen atoms in total. The fraction of sp³-hybridized carbons (Fsp3) is 0.800. The highest BCUT2D eigenvalue weighted by molar-refractivity contribution is 5.09. The lowest BCUT2D eigenvalue weighted by Gasteiger charge is -2.33. The molecule has 4 heteroatoms. The Morgan fingerprint density at radius 2 is 2.11 bits per heavy atom. The van der Waals surface area contributed by atoms with Gasteiger partial charge in [-0.3, -0.25) is 9.58 Å². The Labute approximate surface area is 116 Å². The highest BCUT2D eigenvalue weighted by Gasteiger charge is 2.22. The molecule has 19 heavy (non-hydrogen) atoms. The molecule has 1 heterocycles. The van der Waals surface area contributed by atoms with Crippen LogP contribution >= 0.6 is 0 Å². The molecule has 0 aromatic carbocycles. The number of aliphatic hydroxyl groups is 1. The first-order valence-corrected chi connectivity index (χ1v) is 7.62. The van der Waals surface area contributed by atoms with E-state index >= 15 is 0 Å². The zero-order chi connectivity index (χ0) is 13.7. The summed E-state index contributed by atoms with van der Waals surface area (Å²) in [6.07, 6.45) is 6.59. The maximum absolute atomic E-state index is 9.31. The molecule has 0 radical (unpaired) electrons. The normalized spacial score (nSPS) is 17.3. The molecule has 1 saturated carbocycles. The van der Waals surface area contributed by atoms with E-state index in [1.165, 1.54) is 37.8 Å². The van der Waals surface area contributed by atoms with Gasteiger partial charge in [0.25, 0.3) is 0 Å². The second-order valence-corrected chi connectivity index (χ2v) is 5.58. The number of aryl methyl sites for hydroxylation is 2. The molecule has 1 N–H and O–H groups in total. The van der Waals surface area contributed by atoms with Crippen LogP contribution < -0.4 is 0 Å². The largest absolute Gasteiger partial charge is 0.395 e. The summed E-state index contributed by atoms with van der Waals surface area (Å²) in [6, 6.07) is 2.82. The lowest BCUT2D eigenvalue weighted by Crippen LogP contribution is -2.38. The Hall–Kier alpha value is -0.870. The molecular formula is C15H27N3O. The van der Waals surface area contributed by atoms with Crippen LogP contribution in [0.1, 0.15) is 50.4 Å². The van der Waals surface area contributed by atoms with Crippen LogP contribution in [-0.2, 0) is 13.1 Å². The van der Waals surface area contributed by atoms with E-state index in [0.29, 0.717) is 6.04 Å². The molecule has 1 aliphatic carbocycles. The van der Waals surface area contributed by atoms with E-state index in [9.17, 15) is 5.11 Å². The summed E-state index contributed by atoms with van der Waals surface area (Å²) in [7, 11) is 0. The SMILES string of the molecule is CCn1nc(C)cc1CN(CCO)C1CCCCC1. The van der Waals surface area contributed by atoms with Gasteiger partial charge in [-0.05, 0) is 32.8 Å². The van der Waals surface area contributed by atoms with E-state index in [0.717, 1.165) is 25.3 Å². The van der Waals surface area contributed by atoms with Crippen LogP contribution in [0.3, 0.4) is 0 Å². The Kier molecular flexibility index (Phi) is 5.40. The number of hydrogen-bond acceptors (Lipinski definition) is 3. The Morgan fingerprint density at radius 3 is 2.74 bits per heavy atom. The van der Waals surface area contributed by atoms with Crippen LogP contribution in [0.5, 0.6) is 0 Å². The van der Waals surface area contributed by atoms with Crippen molar-refractivity contribution in [2.75, 3.05) is 13.2 Å². The quantitative estimate of drug-likeness (QED) is 0.858. The summed E-state index contributed by atoms with van der Waals surface area (Å²) in [5.41, 5.74) is 2.36. The second kappa shape index (κ2) is 7.06. The lowest BCUT2D eigenvalue weighted by molar-refractivity contribution is 0.114. The molecule has 1 aromatic rings. The van der Waals surface area contributed by atoms with Crippen molar-refractivity contribution in [3.05, 3.63) is 17.5 Å². The van der Waals surface area contributed by atoms with E-state index in [-0.39, 0.29) is 6.61 Å². The molecule has 0 aliphatic heterocycles. The molecule has 1 aliphatic rings. The average Bonchev–Trinajstić information content (AvgIpc) is 2.79. The maximum atomic E-state index is 9.31. The van der Waals surface area contributed by atoms with Crippen molar-refractivity contribution in [3.8, 4) is 0 Å². The molecule has 2 rings (SSSR count). The van der Waals surface area contributed by atoms with E-state index in [2.05, 4.69) is 27.7 Å². The van der Waals surface area contributed by atoms with Crippen molar-refractivity contribution in [2.45, 2.75) is 65.1 Å². The monoisotopic (exact) mass is 265 g/mol. The number of aromatic nitrogens is 2. The molecular weight excluding hydrogens is 238 g/mol. The predicted octanol–water partition coefficient (Wildman–Crippen LogP) is 2.34. The summed E-state index contributed by atoms with van der Waals surface area (Å²) in [5.74, 6) is 0. The first-order valence-electron chi connectivity index (χ1n) is 7.62. The molecule has 0 amide bonds.